The Hall–Kier alpha value is -8.21. The molecule has 7 aromatic carbocycles. The van der Waals surface area contributed by atoms with Gasteiger partial charge in [0.1, 0.15) is 0 Å². The third-order valence-corrected chi connectivity index (χ3v) is 11.9. The Morgan fingerprint density at radius 2 is 1.19 bits per heavy atom. The maximum atomic E-state index is 5.78. The summed E-state index contributed by atoms with van der Waals surface area (Å²) in [5.74, 6) is 0. The highest BCUT2D eigenvalue weighted by atomic mass is 15.1. The zero-order chi connectivity index (χ0) is 42.5. The van der Waals surface area contributed by atoms with E-state index in [4.69, 9.17) is 5.73 Å². The van der Waals surface area contributed by atoms with E-state index < -0.39 is 0 Å². The van der Waals surface area contributed by atoms with Crippen molar-refractivity contribution in [3.8, 4) is 39.1 Å². The van der Waals surface area contributed by atoms with Gasteiger partial charge < -0.3 is 15.2 Å². The lowest BCUT2D eigenvalue weighted by molar-refractivity contribution is 1.18. The predicted octanol–water partition coefficient (Wildman–Crippen LogP) is 15.4. The molecule has 2 heterocycles. The molecule has 0 aliphatic heterocycles. The minimum atomic E-state index is 0.927. The summed E-state index contributed by atoms with van der Waals surface area (Å²) in [5.41, 5.74) is 24.0. The zero-order valence-electron chi connectivity index (χ0n) is 35.1. The molecule has 0 amide bonds. The largest absolute Gasteiger partial charge is 0.405 e. The van der Waals surface area contributed by atoms with Crippen molar-refractivity contribution in [2.75, 3.05) is 4.90 Å². The minimum absolute atomic E-state index is 0.927. The molecule has 2 N–H and O–H groups in total. The van der Waals surface area contributed by atoms with Crippen LogP contribution < -0.4 is 10.6 Å². The molecule has 10 rings (SSSR count). The van der Waals surface area contributed by atoms with Crippen LogP contribution in [0.5, 0.6) is 0 Å². The smallest absolute Gasteiger partial charge is 0.0619 e. The topological polar surface area (TPSA) is 47.1 Å². The molecule has 0 unspecified atom stereocenters. The van der Waals surface area contributed by atoms with Crippen LogP contribution in [-0.2, 0) is 0 Å². The van der Waals surface area contributed by atoms with E-state index in [1.807, 2.05) is 37.5 Å². The van der Waals surface area contributed by atoms with E-state index in [1.165, 1.54) is 44.1 Å². The van der Waals surface area contributed by atoms with Crippen LogP contribution >= 0.6 is 0 Å². The third-order valence-electron chi connectivity index (χ3n) is 11.9. The van der Waals surface area contributed by atoms with E-state index in [9.17, 15) is 0 Å². The second kappa shape index (κ2) is 17.4. The Balaban J connectivity index is 1.10. The molecule has 0 bridgehead atoms. The molecule has 63 heavy (non-hydrogen) atoms. The summed E-state index contributed by atoms with van der Waals surface area (Å²) in [5, 5.41) is 2.43. The summed E-state index contributed by atoms with van der Waals surface area (Å²) in [6.07, 6.45) is 21.3. The van der Waals surface area contributed by atoms with Crippen LogP contribution in [0.25, 0.3) is 72.0 Å². The minimum Gasteiger partial charge on any atom is -0.405 e. The monoisotopic (exact) mass is 810 g/mol. The number of benzene rings is 7. The van der Waals surface area contributed by atoms with Crippen LogP contribution in [-0.4, -0.2) is 9.55 Å². The highest BCUT2D eigenvalue weighted by Gasteiger charge is 2.20. The van der Waals surface area contributed by atoms with E-state index in [1.54, 1.807) is 6.20 Å². The quantitative estimate of drug-likeness (QED) is 0.140. The van der Waals surface area contributed by atoms with Gasteiger partial charge in [-0.3, -0.25) is 4.98 Å². The number of anilines is 3. The summed E-state index contributed by atoms with van der Waals surface area (Å²) >= 11 is 0. The Morgan fingerprint density at radius 1 is 0.587 bits per heavy atom. The predicted molar refractivity (Wildman–Crippen MR) is 267 cm³/mol. The van der Waals surface area contributed by atoms with E-state index >= 15 is 0 Å². The van der Waals surface area contributed by atoms with Crippen molar-refractivity contribution >= 4 is 50.0 Å². The number of para-hydroxylation sites is 1. The second-order valence-electron chi connectivity index (χ2n) is 15.7. The van der Waals surface area contributed by atoms with E-state index in [-0.39, 0.29) is 0 Å². The van der Waals surface area contributed by atoms with Gasteiger partial charge in [-0.1, -0.05) is 127 Å². The molecule has 0 saturated carbocycles. The van der Waals surface area contributed by atoms with Crippen LogP contribution in [0.3, 0.4) is 0 Å². The summed E-state index contributed by atoms with van der Waals surface area (Å²) < 4.78 is 2.44. The molecule has 4 heteroatoms. The fourth-order valence-corrected chi connectivity index (χ4v) is 8.81. The first kappa shape index (κ1) is 39.0. The van der Waals surface area contributed by atoms with Crippen molar-refractivity contribution in [1.29, 1.82) is 0 Å². The van der Waals surface area contributed by atoms with Crippen molar-refractivity contribution in [2.45, 2.75) is 13.3 Å². The molecular formula is C59H46N4. The highest BCUT2D eigenvalue weighted by molar-refractivity contribution is 6.16. The average Bonchev–Trinajstić information content (AvgIpc) is 3.46. The summed E-state index contributed by atoms with van der Waals surface area (Å²) in [7, 11) is 0. The summed E-state index contributed by atoms with van der Waals surface area (Å²) in [6, 6.07) is 63.7. The van der Waals surface area contributed by atoms with Crippen LogP contribution in [0.4, 0.5) is 17.1 Å². The number of fused-ring (bicyclic) bond motifs is 3. The molecule has 0 spiro atoms. The lowest BCUT2D eigenvalue weighted by Crippen LogP contribution is -2.10. The van der Waals surface area contributed by atoms with Crippen LogP contribution in [0.2, 0.25) is 0 Å². The normalized spacial score (nSPS) is 12.8. The molecule has 9 aromatic rings. The number of allylic oxidation sites excluding steroid dienone is 9. The Labute approximate surface area is 369 Å². The molecular weight excluding hydrogens is 765 g/mol. The van der Waals surface area contributed by atoms with Gasteiger partial charge in [0.25, 0.3) is 0 Å². The maximum absolute atomic E-state index is 5.78. The number of pyridine rings is 1. The van der Waals surface area contributed by atoms with Gasteiger partial charge in [-0.05, 0) is 161 Å². The van der Waals surface area contributed by atoms with Gasteiger partial charge in [0.2, 0.25) is 0 Å². The van der Waals surface area contributed by atoms with Crippen LogP contribution in [0.1, 0.15) is 24.5 Å². The fraction of sp³-hybridized carbons (Fsp3) is 0.0339. The van der Waals surface area contributed by atoms with Gasteiger partial charge in [-0.15, -0.1) is 0 Å². The first-order valence-corrected chi connectivity index (χ1v) is 21.5. The van der Waals surface area contributed by atoms with Gasteiger partial charge in [-0.2, -0.15) is 0 Å². The van der Waals surface area contributed by atoms with Gasteiger partial charge in [0, 0.05) is 51.5 Å². The number of rotatable bonds is 10. The first-order valence-electron chi connectivity index (χ1n) is 21.5. The van der Waals surface area contributed by atoms with E-state index in [0.717, 1.165) is 62.6 Å². The summed E-state index contributed by atoms with van der Waals surface area (Å²) in [6.45, 7) is 2.03. The molecule has 1 aliphatic rings. The van der Waals surface area contributed by atoms with Crippen molar-refractivity contribution in [3.05, 3.63) is 248 Å². The lowest BCUT2D eigenvalue weighted by atomic mass is 9.94. The SMILES string of the molecule is C/C=C(\C=C/N)c1ccc(N(c2ccc(-c3ccncc3)cc2)c2ccc(-c3ccc4c(c3)c3cc(C5=CC=CCC=C5)cc(-c5ccccc5)c3n4-c3ccccc3)cc2)cc1. The number of aromatic nitrogens is 2. The van der Waals surface area contributed by atoms with Gasteiger partial charge >= 0.3 is 0 Å². The molecule has 0 atom stereocenters. The van der Waals surface area contributed by atoms with Crippen molar-refractivity contribution in [3.63, 3.8) is 0 Å². The summed E-state index contributed by atoms with van der Waals surface area (Å²) in [4.78, 5) is 6.52. The number of hydrogen-bond donors (Lipinski definition) is 1. The Morgan fingerprint density at radius 3 is 1.86 bits per heavy atom. The molecule has 302 valence electrons. The van der Waals surface area contributed by atoms with Gasteiger partial charge in [0.15, 0.2) is 0 Å². The molecule has 0 fully saturated rings. The van der Waals surface area contributed by atoms with E-state index in [0.29, 0.717) is 0 Å². The third kappa shape index (κ3) is 7.71. The number of nitrogens with zero attached hydrogens (tertiary/aromatic N) is 3. The molecule has 4 nitrogen and oxygen atoms in total. The van der Waals surface area contributed by atoms with Crippen molar-refractivity contribution in [2.24, 2.45) is 5.73 Å². The van der Waals surface area contributed by atoms with Crippen molar-refractivity contribution < 1.29 is 0 Å². The Kier molecular flexibility index (Phi) is 10.8. The second-order valence-corrected chi connectivity index (χ2v) is 15.7. The fourth-order valence-electron chi connectivity index (χ4n) is 8.81. The standard InChI is InChI=1S/C59H46N4/c1-2-42(33-36-60)44-19-26-52(27-20-44)62(53-28-21-45(22-29-53)47-34-37-61-38-35-47)54-30-23-46(24-31-54)49-25-32-58-56(39-49)57-41-50(43-13-7-3-4-8-14-43)40-55(48-15-9-5-10-16-48)59(57)63(58)51-17-11-6-12-18-51/h2-3,5-41H,4,60H2,1H3/b36-33-,42-2+. The number of hydrogen-bond acceptors (Lipinski definition) is 3. The van der Waals surface area contributed by atoms with Crippen LogP contribution in [0, 0.1) is 0 Å². The Bertz CT molecular complexity index is 3210. The number of nitrogens with two attached hydrogens (primary N) is 1. The highest BCUT2D eigenvalue weighted by Crippen LogP contribution is 2.43. The van der Waals surface area contributed by atoms with Gasteiger partial charge in [-0.25, -0.2) is 0 Å². The van der Waals surface area contributed by atoms with Gasteiger partial charge in [0.05, 0.1) is 11.0 Å². The zero-order valence-corrected chi connectivity index (χ0v) is 35.1. The van der Waals surface area contributed by atoms with Crippen LogP contribution in [0.15, 0.2) is 237 Å². The molecule has 0 saturated heterocycles. The molecule has 0 radical (unpaired) electrons. The molecule has 1 aliphatic carbocycles. The maximum Gasteiger partial charge on any atom is 0.0619 e. The first-order chi connectivity index (χ1) is 31.2. The van der Waals surface area contributed by atoms with Crippen molar-refractivity contribution in [1.82, 2.24) is 9.55 Å². The molecule has 2 aromatic heterocycles. The lowest BCUT2D eigenvalue weighted by Gasteiger charge is -2.26. The van der Waals surface area contributed by atoms with E-state index in [2.05, 4.69) is 215 Å². The average molecular weight is 811 g/mol.